The molecule has 0 bridgehead atoms. The van der Waals surface area contributed by atoms with E-state index in [1.165, 1.54) is 12.8 Å². The third-order valence-electron chi connectivity index (χ3n) is 4.85. The van der Waals surface area contributed by atoms with Crippen LogP contribution in [0.3, 0.4) is 0 Å². The molecule has 0 N–H and O–H groups in total. The summed E-state index contributed by atoms with van der Waals surface area (Å²) in [5.41, 5.74) is 1.02. The van der Waals surface area contributed by atoms with Gasteiger partial charge in [0.15, 0.2) is 0 Å². The predicted octanol–water partition coefficient (Wildman–Crippen LogP) is 1.35. The highest BCUT2D eigenvalue weighted by atomic mass is 16.5. The fraction of sp³-hybridized carbons (Fsp3) is 0.765. The summed E-state index contributed by atoms with van der Waals surface area (Å²) in [7, 11) is 2.15. The van der Waals surface area contributed by atoms with Crippen LogP contribution in [0.25, 0.3) is 0 Å². The van der Waals surface area contributed by atoms with Crippen LogP contribution >= 0.6 is 0 Å². The molecule has 0 unspecified atom stereocenters. The van der Waals surface area contributed by atoms with E-state index in [9.17, 15) is 0 Å². The van der Waals surface area contributed by atoms with Gasteiger partial charge in [-0.25, -0.2) is 9.97 Å². The first-order valence-corrected chi connectivity index (χ1v) is 8.61. The van der Waals surface area contributed by atoms with Crippen molar-refractivity contribution in [3.8, 4) is 0 Å². The van der Waals surface area contributed by atoms with Crippen molar-refractivity contribution in [3.63, 3.8) is 0 Å². The van der Waals surface area contributed by atoms with Gasteiger partial charge in [0.2, 0.25) is 0 Å². The number of nitrogens with zero attached hydrogens (tertiary/aromatic N) is 4. The van der Waals surface area contributed by atoms with E-state index in [2.05, 4.69) is 32.9 Å². The first-order chi connectivity index (χ1) is 11.2. The SMILES string of the molecule is Cc1cc(N(C)C2CCN(CC3COCCOC3)CC2)ncn1. The lowest BCUT2D eigenvalue weighted by Crippen LogP contribution is -2.45. The maximum absolute atomic E-state index is 5.60. The van der Waals surface area contributed by atoms with E-state index in [1.807, 2.05) is 6.92 Å². The molecule has 128 valence electrons. The fourth-order valence-electron chi connectivity index (χ4n) is 3.45. The Kier molecular flexibility index (Phi) is 5.80. The minimum Gasteiger partial charge on any atom is -0.379 e. The maximum atomic E-state index is 5.60. The average Bonchev–Trinajstić information content (AvgIpc) is 2.84. The highest BCUT2D eigenvalue weighted by molar-refractivity contribution is 5.39. The van der Waals surface area contributed by atoms with Crippen molar-refractivity contribution in [3.05, 3.63) is 18.1 Å². The molecule has 23 heavy (non-hydrogen) atoms. The molecular formula is C17H28N4O2. The summed E-state index contributed by atoms with van der Waals surface area (Å²) < 4.78 is 11.2. The lowest BCUT2D eigenvalue weighted by molar-refractivity contribution is 0.0937. The second-order valence-corrected chi connectivity index (χ2v) is 6.68. The lowest BCUT2D eigenvalue weighted by atomic mass is 10.0. The van der Waals surface area contributed by atoms with Gasteiger partial charge in [-0.3, -0.25) is 0 Å². The van der Waals surface area contributed by atoms with Crippen molar-refractivity contribution in [1.82, 2.24) is 14.9 Å². The third-order valence-corrected chi connectivity index (χ3v) is 4.85. The highest BCUT2D eigenvalue weighted by Crippen LogP contribution is 2.21. The third kappa shape index (κ3) is 4.62. The largest absolute Gasteiger partial charge is 0.379 e. The number of rotatable bonds is 4. The van der Waals surface area contributed by atoms with E-state index < -0.39 is 0 Å². The number of ether oxygens (including phenoxy) is 2. The standard InChI is InChI=1S/C17H28N4O2/c1-14-9-17(19-13-18-14)20(2)16-3-5-21(6-4-16)10-15-11-22-7-8-23-12-15/h9,13,15-16H,3-8,10-12H2,1-2H3. The van der Waals surface area contributed by atoms with E-state index in [0.717, 1.165) is 57.6 Å². The zero-order valence-electron chi connectivity index (χ0n) is 14.3. The number of hydrogen-bond donors (Lipinski definition) is 0. The summed E-state index contributed by atoms with van der Waals surface area (Å²) in [6.07, 6.45) is 4.00. The summed E-state index contributed by atoms with van der Waals surface area (Å²) in [6, 6.07) is 2.62. The van der Waals surface area contributed by atoms with Crippen LogP contribution in [0.15, 0.2) is 12.4 Å². The summed E-state index contributed by atoms with van der Waals surface area (Å²) in [5, 5.41) is 0. The van der Waals surface area contributed by atoms with Crippen LogP contribution in [0.1, 0.15) is 18.5 Å². The van der Waals surface area contributed by atoms with Crippen LogP contribution in [-0.4, -0.2) is 74.0 Å². The molecule has 2 aliphatic heterocycles. The Hall–Kier alpha value is -1.24. The highest BCUT2D eigenvalue weighted by Gasteiger charge is 2.25. The van der Waals surface area contributed by atoms with Crippen LogP contribution < -0.4 is 4.90 Å². The Morgan fingerprint density at radius 2 is 1.87 bits per heavy atom. The summed E-state index contributed by atoms with van der Waals surface area (Å²) in [6.45, 7) is 8.51. The second-order valence-electron chi connectivity index (χ2n) is 6.68. The molecule has 0 spiro atoms. The molecule has 0 aromatic carbocycles. The van der Waals surface area contributed by atoms with Crippen molar-refractivity contribution in [2.45, 2.75) is 25.8 Å². The molecule has 2 saturated heterocycles. The molecule has 3 heterocycles. The van der Waals surface area contributed by atoms with Crippen molar-refractivity contribution in [2.75, 3.05) is 58.0 Å². The molecule has 1 aromatic heterocycles. The number of piperidine rings is 1. The van der Waals surface area contributed by atoms with Gasteiger partial charge < -0.3 is 19.3 Å². The average molecular weight is 320 g/mol. The van der Waals surface area contributed by atoms with Crippen LogP contribution in [-0.2, 0) is 9.47 Å². The molecule has 0 atom stereocenters. The monoisotopic (exact) mass is 320 g/mol. The first kappa shape index (κ1) is 16.6. The molecule has 6 nitrogen and oxygen atoms in total. The van der Waals surface area contributed by atoms with E-state index in [-0.39, 0.29) is 0 Å². The number of hydrogen-bond acceptors (Lipinski definition) is 6. The quantitative estimate of drug-likeness (QED) is 0.835. The predicted molar refractivity (Wildman–Crippen MR) is 89.8 cm³/mol. The number of likely N-dealkylation sites (tertiary alicyclic amines) is 1. The van der Waals surface area contributed by atoms with Crippen LogP contribution in [0.5, 0.6) is 0 Å². The van der Waals surface area contributed by atoms with E-state index in [4.69, 9.17) is 9.47 Å². The van der Waals surface area contributed by atoms with Gasteiger partial charge in [-0.05, 0) is 19.8 Å². The van der Waals surface area contributed by atoms with Crippen LogP contribution in [0.2, 0.25) is 0 Å². The van der Waals surface area contributed by atoms with Gasteiger partial charge >= 0.3 is 0 Å². The Labute approximate surface area is 138 Å². The minimum atomic E-state index is 0.510. The van der Waals surface area contributed by atoms with Crippen molar-refractivity contribution in [2.24, 2.45) is 5.92 Å². The summed E-state index contributed by atoms with van der Waals surface area (Å²) in [4.78, 5) is 13.5. The second kappa shape index (κ2) is 8.04. The maximum Gasteiger partial charge on any atom is 0.132 e. The Morgan fingerprint density at radius 3 is 2.52 bits per heavy atom. The smallest absolute Gasteiger partial charge is 0.132 e. The first-order valence-electron chi connectivity index (χ1n) is 8.61. The zero-order chi connectivity index (χ0) is 16.1. The van der Waals surface area contributed by atoms with Gasteiger partial charge in [0.1, 0.15) is 12.1 Å². The van der Waals surface area contributed by atoms with Gasteiger partial charge in [0.25, 0.3) is 0 Å². The Morgan fingerprint density at radius 1 is 1.17 bits per heavy atom. The number of anilines is 1. The van der Waals surface area contributed by atoms with Gasteiger partial charge in [-0.15, -0.1) is 0 Å². The van der Waals surface area contributed by atoms with E-state index in [0.29, 0.717) is 12.0 Å². The number of aromatic nitrogens is 2. The van der Waals surface area contributed by atoms with E-state index >= 15 is 0 Å². The van der Waals surface area contributed by atoms with Gasteiger partial charge in [-0.2, -0.15) is 0 Å². The fourth-order valence-corrected chi connectivity index (χ4v) is 3.45. The number of aryl methyl sites for hydroxylation is 1. The molecule has 1 aromatic rings. The Balaban J connectivity index is 1.48. The van der Waals surface area contributed by atoms with Crippen molar-refractivity contribution >= 4 is 5.82 Å². The van der Waals surface area contributed by atoms with Crippen LogP contribution in [0, 0.1) is 12.8 Å². The molecule has 6 heteroatoms. The van der Waals surface area contributed by atoms with E-state index in [1.54, 1.807) is 6.33 Å². The normalized spacial score (nSPS) is 22.0. The minimum absolute atomic E-state index is 0.510. The molecule has 0 saturated carbocycles. The Bertz CT molecular complexity index is 483. The molecule has 2 aliphatic rings. The van der Waals surface area contributed by atoms with Gasteiger partial charge in [0.05, 0.1) is 26.4 Å². The van der Waals surface area contributed by atoms with Crippen LogP contribution in [0.4, 0.5) is 5.82 Å². The molecule has 3 rings (SSSR count). The van der Waals surface area contributed by atoms with Gasteiger partial charge in [-0.1, -0.05) is 0 Å². The summed E-state index contributed by atoms with van der Waals surface area (Å²) in [5.74, 6) is 1.54. The molecule has 0 amide bonds. The molecule has 0 radical (unpaired) electrons. The molecule has 0 aliphatic carbocycles. The molecule has 2 fully saturated rings. The topological polar surface area (TPSA) is 50.7 Å². The van der Waals surface area contributed by atoms with Gasteiger partial charge in [0, 0.05) is 50.4 Å². The molecular weight excluding hydrogens is 292 g/mol. The van der Waals surface area contributed by atoms with Crippen molar-refractivity contribution < 1.29 is 9.47 Å². The summed E-state index contributed by atoms with van der Waals surface area (Å²) >= 11 is 0. The zero-order valence-corrected chi connectivity index (χ0v) is 14.3. The lowest BCUT2D eigenvalue weighted by Gasteiger charge is -2.38. The van der Waals surface area contributed by atoms with Crippen molar-refractivity contribution in [1.29, 1.82) is 0 Å².